The van der Waals surface area contributed by atoms with Crippen LogP contribution in [0.25, 0.3) is 5.76 Å². The van der Waals surface area contributed by atoms with E-state index in [0.29, 0.717) is 18.3 Å². The summed E-state index contributed by atoms with van der Waals surface area (Å²) in [4.78, 5) is 21.6. The Morgan fingerprint density at radius 2 is 1.81 bits per heavy atom. The van der Waals surface area contributed by atoms with Gasteiger partial charge in [-0.3, -0.25) is 4.79 Å². The van der Waals surface area contributed by atoms with Crippen molar-refractivity contribution in [1.29, 1.82) is 0 Å². The lowest BCUT2D eigenvalue weighted by Crippen LogP contribution is -2.10. The van der Waals surface area contributed by atoms with Crippen LogP contribution in [-0.2, 0) is 16.1 Å². The lowest BCUT2D eigenvalue weighted by atomic mass is 10.1. The van der Waals surface area contributed by atoms with Crippen molar-refractivity contribution in [3.63, 3.8) is 0 Å². The van der Waals surface area contributed by atoms with Crippen molar-refractivity contribution in [2.45, 2.75) is 13.5 Å². The van der Waals surface area contributed by atoms with E-state index in [0.717, 1.165) is 11.1 Å². The summed E-state index contributed by atoms with van der Waals surface area (Å²) in [5.74, 6) is -3.12. The highest BCUT2D eigenvalue weighted by atomic mass is 16.4. The monoisotopic (exact) mass is 285 g/mol. The second-order valence-corrected chi connectivity index (χ2v) is 4.71. The Morgan fingerprint density at radius 1 is 1.14 bits per heavy atom. The number of carboxylic acids is 1. The number of carbonyl (C=O) groups is 2. The van der Waals surface area contributed by atoms with E-state index in [1.807, 2.05) is 31.2 Å². The van der Waals surface area contributed by atoms with Crippen molar-refractivity contribution < 1.29 is 19.8 Å². The molecular weight excluding hydrogens is 270 g/mol. The third kappa shape index (κ3) is 3.60. The fourth-order valence-corrected chi connectivity index (χ4v) is 1.93. The van der Waals surface area contributed by atoms with Gasteiger partial charge in [0.05, 0.1) is 5.69 Å². The quantitative estimate of drug-likeness (QED) is 0.502. The van der Waals surface area contributed by atoms with Gasteiger partial charge in [-0.2, -0.15) is 0 Å². The molecule has 0 atom stereocenters. The minimum Gasteiger partial charge on any atom is -0.506 e. The third-order valence-electron chi connectivity index (χ3n) is 3.04. The number of carbonyl (C=O) groups excluding carboxylic acids is 1. The first-order chi connectivity index (χ1) is 9.97. The van der Waals surface area contributed by atoms with Gasteiger partial charge in [0.2, 0.25) is 0 Å². The molecule has 0 fully saturated rings. The zero-order valence-electron chi connectivity index (χ0n) is 11.5. The molecule has 108 valence electrons. The van der Waals surface area contributed by atoms with Gasteiger partial charge in [0.15, 0.2) is 0 Å². The number of hydrogen-bond acceptors (Lipinski definition) is 3. The number of carboxylic acid groups (broad SMARTS) is 1. The maximum absolute atomic E-state index is 11.1. The molecule has 2 N–H and O–H groups in total. The number of aromatic nitrogens is 1. The minimum absolute atomic E-state index is 0.362. The molecule has 0 aliphatic carbocycles. The molecule has 5 heteroatoms. The molecule has 2 aromatic rings. The highest BCUT2D eigenvalue weighted by molar-refractivity contribution is 6.38. The van der Waals surface area contributed by atoms with E-state index < -0.39 is 11.8 Å². The molecule has 1 aromatic carbocycles. The first kappa shape index (κ1) is 14.6. The number of ketones is 1. The van der Waals surface area contributed by atoms with Gasteiger partial charge in [-0.25, -0.2) is 4.79 Å². The van der Waals surface area contributed by atoms with E-state index in [2.05, 4.69) is 0 Å². The summed E-state index contributed by atoms with van der Waals surface area (Å²) >= 11 is 0. The van der Waals surface area contributed by atoms with Crippen LogP contribution in [0.2, 0.25) is 0 Å². The zero-order valence-corrected chi connectivity index (χ0v) is 11.5. The predicted molar refractivity (Wildman–Crippen MR) is 78.0 cm³/mol. The zero-order chi connectivity index (χ0) is 15.4. The summed E-state index contributed by atoms with van der Waals surface area (Å²) < 4.78 is 1.74. The van der Waals surface area contributed by atoms with Crippen molar-refractivity contribution in [2.24, 2.45) is 0 Å². The summed E-state index contributed by atoms with van der Waals surface area (Å²) in [5, 5.41) is 18.4. The molecule has 0 aliphatic heterocycles. The van der Waals surface area contributed by atoms with E-state index >= 15 is 0 Å². The van der Waals surface area contributed by atoms with Gasteiger partial charge in [0, 0.05) is 18.8 Å². The van der Waals surface area contributed by atoms with Crippen molar-refractivity contribution in [3.8, 4) is 0 Å². The standard InChI is InChI=1S/C16H15NO4/c1-11-4-6-12(7-5-11)10-17-8-2-3-13(17)14(18)9-15(19)16(20)21/h2-9,18H,10H2,1H3,(H,20,21). The minimum atomic E-state index is -1.60. The van der Waals surface area contributed by atoms with Crippen LogP contribution in [-0.4, -0.2) is 26.5 Å². The Balaban J connectivity index is 2.24. The SMILES string of the molecule is Cc1ccc(Cn2cccc2C(O)=CC(=O)C(=O)O)cc1. The van der Waals surface area contributed by atoms with Crippen molar-refractivity contribution in [2.75, 3.05) is 0 Å². The molecule has 5 nitrogen and oxygen atoms in total. The van der Waals surface area contributed by atoms with Gasteiger partial charge in [0.1, 0.15) is 5.76 Å². The normalized spacial score (nSPS) is 11.4. The molecule has 0 bridgehead atoms. The molecule has 1 aromatic heterocycles. The molecule has 0 amide bonds. The van der Waals surface area contributed by atoms with Gasteiger partial charge < -0.3 is 14.8 Å². The van der Waals surface area contributed by atoms with Gasteiger partial charge in [-0.15, -0.1) is 0 Å². The number of aliphatic hydroxyl groups is 1. The largest absolute Gasteiger partial charge is 0.506 e. The number of nitrogens with zero attached hydrogens (tertiary/aromatic N) is 1. The van der Waals surface area contributed by atoms with Crippen LogP contribution in [0.3, 0.4) is 0 Å². The first-order valence-corrected chi connectivity index (χ1v) is 6.36. The fraction of sp³-hybridized carbons (Fsp3) is 0.125. The van der Waals surface area contributed by atoms with Crippen LogP contribution in [0.4, 0.5) is 0 Å². The Bertz CT molecular complexity index is 695. The number of rotatable bonds is 5. The van der Waals surface area contributed by atoms with Crippen LogP contribution in [0.1, 0.15) is 16.8 Å². The molecule has 0 unspecified atom stereocenters. The predicted octanol–water partition coefficient (Wildman–Crippen LogP) is 2.40. The van der Waals surface area contributed by atoms with Gasteiger partial charge in [-0.05, 0) is 24.6 Å². The average molecular weight is 285 g/mol. The second kappa shape index (κ2) is 6.09. The van der Waals surface area contributed by atoms with Gasteiger partial charge in [-0.1, -0.05) is 29.8 Å². The molecule has 21 heavy (non-hydrogen) atoms. The maximum Gasteiger partial charge on any atom is 0.376 e. The number of hydrogen-bond donors (Lipinski definition) is 2. The Hall–Kier alpha value is -2.82. The topological polar surface area (TPSA) is 79.5 Å². The molecule has 0 saturated heterocycles. The lowest BCUT2D eigenvalue weighted by molar-refractivity contribution is -0.146. The number of benzene rings is 1. The third-order valence-corrected chi connectivity index (χ3v) is 3.04. The Morgan fingerprint density at radius 3 is 2.43 bits per heavy atom. The number of aliphatic hydroxyl groups excluding tert-OH is 1. The second-order valence-electron chi connectivity index (χ2n) is 4.71. The highest BCUT2D eigenvalue weighted by Crippen LogP contribution is 2.15. The Kier molecular flexibility index (Phi) is 4.23. The summed E-state index contributed by atoms with van der Waals surface area (Å²) in [6, 6.07) is 11.3. The summed E-state index contributed by atoms with van der Waals surface area (Å²) in [6.07, 6.45) is 2.47. The lowest BCUT2D eigenvalue weighted by Gasteiger charge is -2.09. The fourth-order valence-electron chi connectivity index (χ4n) is 1.93. The number of aliphatic carboxylic acids is 1. The summed E-state index contributed by atoms with van der Waals surface area (Å²) in [6.45, 7) is 2.51. The molecule has 1 heterocycles. The van der Waals surface area contributed by atoms with E-state index in [1.165, 1.54) is 0 Å². The summed E-state index contributed by atoms with van der Waals surface area (Å²) in [7, 11) is 0. The van der Waals surface area contributed by atoms with Crippen LogP contribution in [0.15, 0.2) is 48.7 Å². The van der Waals surface area contributed by atoms with Crippen LogP contribution in [0, 0.1) is 6.92 Å². The van der Waals surface area contributed by atoms with E-state index in [9.17, 15) is 14.7 Å². The van der Waals surface area contributed by atoms with Gasteiger partial charge >= 0.3 is 5.97 Å². The smallest absolute Gasteiger partial charge is 0.376 e. The average Bonchev–Trinajstić information content (AvgIpc) is 2.89. The van der Waals surface area contributed by atoms with Crippen molar-refractivity contribution in [3.05, 3.63) is 65.5 Å². The van der Waals surface area contributed by atoms with E-state index in [4.69, 9.17) is 5.11 Å². The van der Waals surface area contributed by atoms with Crippen LogP contribution in [0.5, 0.6) is 0 Å². The van der Waals surface area contributed by atoms with Gasteiger partial charge in [0.25, 0.3) is 5.78 Å². The number of aryl methyl sites for hydroxylation is 1. The molecular formula is C16H15NO4. The van der Waals surface area contributed by atoms with Crippen LogP contribution >= 0.6 is 0 Å². The molecule has 0 aliphatic rings. The van der Waals surface area contributed by atoms with Crippen molar-refractivity contribution in [1.82, 2.24) is 4.57 Å². The van der Waals surface area contributed by atoms with Crippen LogP contribution < -0.4 is 0 Å². The first-order valence-electron chi connectivity index (χ1n) is 6.36. The molecule has 2 rings (SSSR count). The summed E-state index contributed by atoms with van der Waals surface area (Å²) in [5.41, 5.74) is 2.59. The molecule has 0 radical (unpaired) electrons. The molecule has 0 spiro atoms. The highest BCUT2D eigenvalue weighted by Gasteiger charge is 2.12. The van der Waals surface area contributed by atoms with E-state index in [-0.39, 0.29) is 5.76 Å². The van der Waals surface area contributed by atoms with E-state index in [1.54, 1.807) is 22.9 Å². The van der Waals surface area contributed by atoms with Crippen molar-refractivity contribution >= 4 is 17.5 Å². The maximum atomic E-state index is 11.1. The molecule has 0 saturated carbocycles. The Labute approximate surface area is 121 Å².